The van der Waals surface area contributed by atoms with Crippen molar-refractivity contribution in [3.63, 3.8) is 0 Å². The molecular formula is C15H22N2O. The molecule has 0 bridgehead atoms. The summed E-state index contributed by atoms with van der Waals surface area (Å²) in [6.07, 6.45) is 3.00. The summed E-state index contributed by atoms with van der Waals surface area (Å²) < 4.78 is 0. The SMILES string of the molecule is Cc1cccc(CN(C)C(=O)C2CCCC2N)c1. The van der Waals surface area contributed by atoms with Crippen LogP contribution in [-0.4, -0.2) is 23.9 Å². The lowest BCUT2D eigenvalue weighted by Gasteiger charge is -2.23. The van der Waals surface area contributed by atoms with Gasteiger partial charge in [0.25, 0.3) is 0 Å². The average molecular weight is 246 g/mol. The third-order valence-corrected chi connectivity index (χ3v) is 3.77. The number of rotatable bonds is 3. The number of nitrogens with zero attached hydrogens (tertiary/aromatic N) is 1. The van der Waals surface area contributed by atoms with E-state index in [0.29, 0.717) is 6.54 Å². The van der Waals surface area contributed by atoms with Crippen molar-refractivity contribution in [1.82, 2.24) is 4.90 Å². The van der Waals surface area contributed by atoms with Gasteiger partial charge in [-0.25, -0.2) is 0 Å². The molecule has 1 fully saturated rings. The molecule has 1 aromatic rings. The summed E-state index contributed by atoms with van der Waals surface area (Å²) in [5.74, 6) is 0.223. The van der Waals surface area contributed by atoms with E-state index in [9.17, 15) is 4.79 Å². The highest BCUT2D eigenvalue weighted by Crippen LogP contribution is 2.26. The van der Waals surface area contributed by atoms with E-state index < -0.39 is 0 Å². The lowest BCUT2D eigenvalue weighted by atomic mass is 10.0. The van der Waals surface area contributed by atoms with Gasteiger partial charge in [0.05, 0.1) is 5.92 Å². The van der Waals surface area contributed by atoms with Crippen molar-refractivity contribution >= 4 is 5.91 Å². The molecule has 3 heteroatoms. The highest BCUT2D eigenvalue weighted by molar-refractivity contribution is 5.79. The number of aryl methyl sites for hydroxylation is 1. The Kier molecular flexibility index (Phi) is 4.02. The van der Waals surface area contributed by atoms with Crippen LogP contribution in [0.4, 0.5) is 0 Å². The summed E-state index contributed by atoms with van der Waals surface area (Å²) in [6, 6.07) is 8.34. The molecule has 2 atom stereocenters. The Hall–Kier alpha value is -1.35. The van der Waals surface area contributed by atoms with Gasteiger partial charge in [-0.3, -0.25) is 4.79 Å². The number of hydrogen-bond acceptors (Lipinski definition) is 2. The second kappa shape index (κ2) is 5.53. The van der Waals surface area contributed by atoms with Crippen molar-refractivity contribution in [2.24, 2.45) is 11.7 Å². The normalized spacial score (nSPS) is 23.1. The van der Waals surface area contributed by atoms with Crippen molar-refractivity contribution < 1.29 is 4.79 Å². The Morgan fingerprint density at radius 2 is 2.22 bits per heavy atom. The van der Waals surface area contributed by atoms with E-state index in [-0.39, 0.29) is 17.9 Å². The van der Waals surface area contributed by atoms with Crippen molar-refractivity contribution in [3.8, 4) is 0 Å². The maximum absolute atomic E-state index is 12.3. The Morgan fingerprint density at radius 3 is 2.83 bits per heavy atom. The zero-order chi connectivity index (χ0) is 13.1. The third-order valence-electron chi connectivity index (χ3n) is 3.77. The molecule has 1 aliphatic carbocycles. The van der Waals surface area contributed by atoms with Crippen LogP contribution in [0, 0.1) is 12.8 Å². The fourth-order valence-corrected chi connectivity index (χ4v) is 2.74. The number of amides is 1. The molecule has 2 rings (SSSR count). The molecule has 1 amide bonds. The fraction of sp³-hybridized carbons (Fsp3) is 0.533. The van der Waals surface area contributed by atoms with Crippen LogP contribution < -0.4 is 5.73 Å². The maximum atomic E-state index is 12.3. The van der Waals surface area contributed by atoms with Gasteiger partial charge >= 0.3 is 0 Å². The Bertz CT molecular complexity index is 430. The van der Waals surface area contributed by atoms with Gasteiger partial charge in [0.2, 0.25) is 5.91 Å². The van der Waals surface area contributed by atoms with E-state index in [2.05, 4.69) is 25.1 Å². The van der Waals surface area contributed by atoms with Crippen LogP contribution in [0.25, 0.3) is 0 Å². The molecule has 0 saturated heterocycles. The van der Waals surface area contributed by atoms with Crippen molar-refractivity contribution in [2.45, 2.75) is 38.8 Å². The first kappa shape index (κ1) is 13.1. The molecule has 1 saturated carbocycles. The van der Waals surface area contributed by atoms with Crippen molar-refractivity contribution in [3.05, 3.63) is 35.4 Å². The van der Waals surface area contributed by atoms with Gasteiger partial charge in [-0.1, -0.05) is 36.2 Å². The first-order chi connectivity index (χ1) is 8.58. The molecule has 18 heavy (non-hydrogen) atoms. The first-order valence-corrected chi connectivity index (χ1v) is 6.64. The largest absolute Gasteiger partial charge is 0.341 e. The first-order valence-electron chi connectivity index (χ1n) is 6.64. The summed E-state index contributed by atoms with van der Waals surface area (Å²) in [5.41, 5.74) is 8.39. The average Bonchev–Trinajstić information content (AvgIpc) is 2.74. The standard InChI is InChI=1S/C15H22N2O/c1-11-5-3-6-12(9-11)10-17(2)15(18)13-7-4-8-14(13)16/h3,5-6,9,13-14H,4,7-8,10,16H2,1-2H3. The minimum atomic E-state index is 0.0276. The molecule has 98 valence electrons. The summed E-state index contributed by atoms with van der Waals surface area (Å²) in [7, 11) is 1.87. The zero-order valence-corrected chi connectivity index (χ0v) is 11.2. The van der Waals surface area contributed by atoms with Gasteiger partial charge in [0, 0.05) is 19.6 Å². The van der Waals surface area contributed by atoms with Crippen molar-refractivity contribution in [1.29, 1.82) is 0 Å². The molecule has 1 aromatic carbocycles. The number of carbonyl (C=O) groups excluding carboxylic acids is 1. The molecular weight excluding hydrogens is 224 g/mol. The predicted octanol–water partition coefficient (Wildman–Crippen LogP) is 2.08. The van der Waals surface area contributed by atoms with E-state index in [0.717, 1.165) is 19.3 Å². The minimum Gasteiger partial charge on any atom is -0.341 e. The highest BCUT2D eigenvalue weighted by atomic mass is 16.2. The van der Waals surface area contributed by atoms with Crippen LogP contribution in [0.3, 0.4) is 0 Å². The van der Waals surface area contributed by atoms with Crippen LogP contribution in [0.2, 0.25) is 0 Å². The monoisotopic (exact) mass is 246 g/mol. The van der Waals surface area contributed by atoms with Gasteiger partial charge < -0.3 is 10.6 Å². The van der Waals surface area contributed by atoms with E-state index in [4.69, 9.17) is 5.73 Å². The quantitative estimate of drug-likeness (QED) is 0.887. The molecule has 0 heterocycles. The second-order valence-electron chi connectivity index (χ2n) is 5.38. The predicted molar refractivity (Wildman–Crippen MR) is 73.0 cm³/mol. The van der Waals surface area contributed by atoms with Gasteiger partial charge in [0.1, 0.15) is 0 Å². The Labute approximate surface area is 109 Å². The molecule has 2 unspecified atom stereocenters. The van der Waals surface area contributed by atoms with Gasteiger partial charge in [0.15, 0.2) is 0 Å². The molecule has 0 spiro atoms. The fourth-order valence-electron chi connectivity index (χ4n) is 2.74. The molecule has 0 radical (unpaired) electrons. The highest BCUT2D eigenvalue weighted by Gasteiger charge is 2.32. The summed E-state index contributed by atoms with van der Waals surface area (Å²) >= 11 is 0. The van der Waals surface area contributed by atoms with E-state index >= 15 is 0 Å². The van der Waals surface area contributed by atoms with Crippen LogP contribution >= 0.6 is 0 Å². The summed E-state index contributed by atoms with van der Waals surface area (Å²) in [6.45, 7) is 2.74. The molecule has 3 nitrogen and oxygen atoms in total. The number of nitrogens with two attached hydrogens (primary N) is 1. The maximum Gasteiger partial charge on any atom is 0.227 e. The van der Waals surface area contributed by atoms with Gasteiger partial charge in [-0.05, 0) is 25.3 Å². The summed E-state index contributed by atoms with van der Waals surface area (Å²) in [5, 5.41) is 0. The van der Waals surface area contributed by atoms with Gasteiger partial charge in [-0.15, -0.1) is 0 Å². The minimum absolute atomic E-state index is 0.0276. The number of benzene rings is 1. The molecule has 0 aliphatic heterocycles. The Balaban J connectivity index is 1.99. The van der Waals surface area contributed by atoms with E-state index in [1.54, 1.807) is 0 Å². The van der Waals surface area contributed by atoms with Crippen LogP contribution in [0.15, 0.2) is 24.3 Å². The van der Waals surface area contributed by atoms with E-state index in [1.165, 1.54) is 11.1 Å². The number of hydrogen-bond donors (Lipinski definition) is 1. The Morgan fingerprint density at radius 1 is 1.44 bits per heavy atom. The lowest BCUT2D eigenvalue weighted by molar-refractivity contribution is -0.134. The smallest absolute Gasteiger partial charge is 0.227 e. The third kappa shape index (κ3) is 2.91. The van der Waals surface area contributed by atoms with Crippen LogP contribution in [-0.2, 0) is 11.3 Å². The van der Waals surface area contributed by atoms with Gasteiger partial charge in [-0.2, -0.15) is 0 Å². The van der Waals surface area contributed by atoms with Crippen LogP contribution in [0.5, 0.6) is 0 Å². The van der Waals surface area contributed by atoms with Crippen molar-refractivity contribution in [2.75, 3.05) is 7.05 Å². The molecule has 1 aliphatic rings. The summed E-state index contributed by atoms with van der Waals surface area (Å²) in [4.78, 5) is 14.1. The second-order valence-corrected chi connectivity index (χ2v) is 5.38. The van der Waals surface area contributed by atoms with E-state index in [1.807, 2.05) is 18.0 Å². The zero-order valence-electron chi connectivity index (χ0n) is 11.2. The molecule has 2 N–H and O–H groups in total. The lowest BCUT2D eigenvalue weighted by Crippen LogP contribution is -2.39. The number of carbonyl (C=O) groups is 1. The molecule has 0 aromatic heterocycles. The topological polar surface area (TPSA) is 46.3 Å². The van der Waals surface area contributed by atoms with Crippen LogP contribution in [0.1, 0.15) is 30.4 Å².